The normalized spacial score (nSPS) is 13.0. The van der Waals surface area contributed by atoms with Crippen molar-refractivity contribution in [1.82, 2.24) is 20.2 Å². The van der Waals surface area contributed by atoms with E-state index in [1.807, 2.05) is 20.8 Å². The largest absolute Gasteiger partial charge is 0.452 e. The number of carbonyl (C=O) groups is 2. The highest BCUT2D eigenvalue weighted by Gasteiger charge is 2.26. The molecule has 0 saturated heterocycles. The first-order valence-corrected chi connectivity index (χ1v) is 11.0. The highest BCUT2D eigenvalue weighted by Crippen LogP contribution is 2.23. The zero-order valence-electron chi connectivity index (χ0n) is 17.0. The number of alkyl carbamates (subject to hydrolysis) is 1. The van der Waals surface area contributed by atoms with Gasteiger partial charge in [-0.05, 0) is 20.4 Å². The molecule has 0 aliphatic rings. The number of methoxy groups -OCH3 is 1. The van der Waals surface area contributed by atoms with E-state index >= 15 is 0 Å². The lowest BCUT2D eigenvalue weighted by Crippen LogP contribution is -2.49. The van der Waals surface area contributed by atoms with Gasteiger partial charge >= 0.3 is 12.2 Å². The zero-order valence-corrected chi connectivity index (χ0v) is 18.7. The number of hydrogen-bond acceptors (Lipinski definition) is 9. The number of hydrogen-bond donors (Lipinski definition) is 1. The maximum atomic E-state index is 12.2. The summed E-state index contributed by atoms with van der Waals surface area (Å²) in [4.78, 5) is 36.9. The second-order valence-corrected chi connectivity index (χ2v) is 8.31. The van der Waals surface area contributed by atoms with E-state index in [9.17, 15) is 9.59 Å². The maximum absolute atomic E-state index is 12.2. The first kappa shape index (κ1) is 23.0. The van der Waals surface area contributed by atoms with Gasteiger partial charge in [-0.15, -0.1) is 22.7 Å². The summed E-state index contributed by atoms with van der Waals surface area (Å²) in [7, 11) is 1.37. The summed E-state index contributed by atoms with van der Waals surface area (Å²) < 4.78 is 10.1. The molecule has 0 radical (unpaired) electrons. The minimum atomic E-state index is -0.462. The number of nitrogens with zero attached hydrogens (tertiary/aromatic N) is 4. The number of thiazole rings is 2. The van der Waals surface area contributed by atoms with Gasteiger partial charge in [-0.25, -0.2) is 9.59 Å². The second-order valence-electron chi connectivity index (χ2n) is 6.47. The fourth-order valence-electron chi connectivity index (χ4n) is 2.83. The average Bonchev–Trinajstić information content (AvgIpc) is 3.40. The Morgan fingerprint density at radius 3 is 2.48 bits per heavy atom. The second kappa shape index (κ2) is 11.7. The molecule has 2 aromatic heterocycles. The Balaban J connectivity index is 1.85. The molecule has 2 amide bonds. The smallest absolute Gasteiger partial charge is 0.414 e. The number of ether oxygens (including phenoxy) is 2. The van der Waals surface area contributed by atoms with Crippen LogP contribution in [0.5, 0.6) is 0 Å². The third kappa shape index (κ3) is 7.26. The topological polar surface area (TPSA) is 96.9 Å². The summed E-state index contributed by atoms with van der Waals surface area (Å²) in [5.41, 5.74) is 3.38. The molecule has 2 atom stereocenters. The minimum Gasteiger partial charge on any atom is -0.452 e. The van der Waals surface area contributed by atoms with Crippen LogP contribution < -0.4 is 10.2 Å². The average molecular weight is 442 g/mol. The van der Waals surface area contributed by atoms with Crippen LogP contribution in [0.25, 0.3) is 0 Å². The number of anilines is 1. The monoisotopic (exact) mass is 441 g/mol. The summed E-state index contributed by atoms with van der Waals surface area (Å²) in [5.74, 6) is 0. The summed E-state index contributed by atoms with van der Waals surface area (Å²) in [6.45, 7) is 8.13. The van der Waals surface area contributed by atoms with Gasteiger partial charge in [-0.1, -0.05) is 6.92 Å². The van der Waals surface area contributed by atoms with Crippen LogP contribution in [-0.4, -0.2) is 65.9 Å². The van der Waals surface area contributed by atoms with Gasteiger partial charge in [0.1, 0.15) is 11.6 Å². The first-order chi connectivity index (χ1) is 13.9. The fourth-order valence-corrected chi connectivity index (χ4v) is 4.05. The van der Waals surface area contributed by atoms with Crippen LogP contribution in [0.3, 0.4) is 0 Å². The van der Waals surface area contributed by atoms with E-state index in [0.717, 1.165) is 16.4 Å². The molecule has 0 aromatic carbocycles. The van der Waals surface area contributed by atoms with Crippen molar-refractivity contribution in [2.75, 3.05) is 31.6 Å². The van der Waals surface area contributed by atoms with Gasteiger partial charge < -0.3 is 14.8 Å². The van der Waals surface area contributed by atoms with E-state index < -0.39 is 12.2 Å². The van der Waals surface area contributed by atoms with Crippen LogP contribution in [0.2, 0.25) is 0 Å². The Kier molecular flexibility index (Phi) is 9.29. The molecule has 160 valence electrons. The van der Waals surface area contributed by atoms with E-state index in [-0.39, 0.29) is 18.7 Å². The quantitative estimate of drug-likeness (QED) is 0.605. The van der Waals surface area contributed by atoms with Gasteiger partial charge in [0.15, 0.2) is 0 Å². The van der Waals surface area contributed by atoms with Crippen LogP contribution in [0.4, 0.5) is 14.6 Å². The molecule has 0 saturated carbocycles. The predicted octanol–water partition coefficient (Wildman–Crippen LogP) is 3.20. The van der Waals surface area contributed by atoms with Gasteiger partial charge in [0.2, 0.25) is 0 Å². The molecule has 9 nitrogen and oxygen atoms in total. The number of aromatic nitrogens is 2. The van der Waals surface area contributed by atoms with Crippen molar-refractivity contribution in [2.45, 2.75) is 39.5 Å². The van der Waals surface area contributed by atoms with Gasteiger partial charge in [-0.2, -0.15) is 0 Å². The van der Waals surface area contributed by atoms with Crippen LogP contribution in [0.1, 0.15) is 25.6 Å². The molecule has 29 heavy (non-hydrogen) atoms. The third-order valence-corrected chi connectivity index (χ3v) is 5.69. The molecule has 0 spiro atoms. The third-order valence-electron chi connectivity index (χ3n) is 4.16. The van der Waals surface area contributed by atoms with Crippen molar-refractivity contribution in [1.29, 1.82) is 0 Å². The highest BCUT2D eigenvalue weighted by molar-refractivity contribution is 7.14. The van der Waals surface area contributed by atoms with Gasteiger partial charge in [0.25, 0.3) is 0 Å². The fraction of sp³-hybridized carbons (Fsp3) is 0.556. The summed E-state index contributed by atoms with van der Waals surface area (Å²) in [6.07, 6.45) is 2.45. The Bertz CT molecular complexity index is 742. The van der Waals surface area contributed by atoms with Crippen molar-refractivity contribution in [2.24, 2.45) is 0 Å². The Morgan fingerprint density at radius 2 is 1.90 bits per heavy atom. The van der Waals surface area contributed by atoms with Crippen LogP contribution in [0.15, 0.2) is 23.4 Å². The molecular formula is C18H27N5O4S2. The molecule has 11 heteroatoms. The van der Waals surface area contributed by atoms with E-state index in [2.05, 4.69) is 20.2 Å². The van der Waals surface area contributed by atoms with Crippen LogP contribution >= 0.6 is 22.7 Å². The van der Waals surface area contributed by atoms with Gasteiger partial charge in [0.05, 0.1) is 35.2 Å². The molecule has 0 aliphatic heterocycles. The van der Waals surface area contributed by atoms with E-state index in [4.69, 9.17) is 9.47 Å². The lowest BCUT2D eigenvalue weighted by atomic mass is 10.2. The Labute approximate surface area is 178 Å². The van der Waals surface area contributed by atoms with E-state index in [1.54, 1.807) is 28.3 Å². The lowest BCUT2D eigenvalue weighted by Gasteiger charge is -2.32. The molecule has 2 heterocycles. The SMILES string of the molecule is CCN(C[C@@H](C)N(C(=O)OC)c1cncs1)C[C@H](C)NC(=O)OCc1cncs1. The van der Waals surface area contributed by atoms with Crippen molar-refractivity contribution in [3.8, 4) is 0 Å². The Hall–Kier alpha value is -2.24. The number of rotatable bonds is 10. The maximum Gasteiger partial charge on any atom is 0.414 e. The van der Waals surface area contributed by atoms with Crippen LogP contribution in [-0.2, 0) is 16.1 Å². The predicted molar refractivity (Wildman–Crippen MR) is 113 cm³/mol. The standard InChI is InChI=1S/C18H27N5O4S2/c1-5-22(8-13(2)21-17(24)27-10-15-6-19-11-28-15)9-14(3)23(18(25)26-4)16-7-20-12-29-16/h6-7,11-14H,5,8-10H2,1-4H3,(H,21,24)/t13-,14+/m0/s1. The molecule has 2 rings (SSSR count). The van der Waals surface area contributed by atoms with Crippen molar-refractivity contribution in [3.05, 3.63) is 28.3 Å². The van der Waals surface area contributed by atoms with Crippen LogP contribution in [0, 0.1) is 0 Å². The first-order valence-electron chi connectivity index (χ1n) is 9.23. The molecule has 1 N–H and O–H groups in total. The summed E-state index contributed by atoms with van der Waals surface area (Å²) in [5, 5.41) is 3.57. The molecular weight excluding hydrogens is 414 g/mol. The van der Waals surface area contributed by atoms with E-state index in [0.29, 0.717) is 13.1 Å². The molecule has 0 aliphatic carbocycles. The summed E-state index contributed by atoms with van der Waals surface area (Å²) >= 11 is 2.82. The molecule has 0 unspecified atom stereocenters. The lowest BCUT2D eigenvalue weighted by molar-refractivity contribution is 0.133. The zero-order chi connectivity index (χ0) is 21.2. The number of likely N-dealkylation sites (N-methyl/N-ethyl adjacent to an activating group) is 1. The van der Waals surface area contributed by atoms with E-state index in [1.165, 1.54) is 29.8 Å². The van der Waals surface area contributed by atoms with Gasteiger partial charge in [0, 0.05) is 25.3 Å². The van der Waals surface area contributed by atoms with Gasteiger partial charge in [-0.3, -0.25) is 19.8 Å². The van der Waals surface area contributed by atoms with Crippen molar-refractivity contribution < 1.29 is 19.1 Å². The summed E-state index contributed by atoms with van der Waals surface area (Å²) in [6, 6.07) is -0.251. The highest BCUT2D eigenvalue weighted by atomic mass is 32.1. The molecule has 0 fully saturated rings. The minimum absolute atomic E-state index is 0.119. The molecule has 0 bridgehead atoms. The Morgan fingerprint density at radius 1 is 1.17 bits per heavy atom. The number of amides is 2. The number of carbonyl (C=O) groups excluding carboxylic acids is 2. The molecule has 2 aromatic rings. The van der Waals surface area contributed by atoms with Crippen molar-refractivity contribution in [3.63, 3.8) is 0 Å². The van der Waals surface area contributed by atoms with Crippen molar-refractivity contribution >= 4 is 39.9 Å². The number of nitrogens with one attached hydrogen (secondary N) is 1.